The molecule has 1 saturated heterocycles. The van der Waals surface area contributed by atoms with Crippen LogP contribution in [0.15, 0.2) is 72.8 Å². The minimum absolute atomic E-state index is 0.0712. The normalized spacial score (nSPS) is 21.6. The Hall–Kier alpha value is -3.31. The Labute approximate surface area is 232 Å². The lowest BCUT2D eigenvalue weighted by molar-refractivity contribution is 0.0541. The van der Waals surface area contributed by atoms with Crippen molar-refractivity contribution in [2.75, 3.05) is 26.2 Å². The molecule has 5 heteroatoms. The molecule has 1 spiro atoms. The second-order valence-electron chi connectivity index (χ2n) is 11.8. The molecule has 0 bridgehead atoms. The third-order valence-electron chi connectivity index (χ3n) is 8.91. The van der Waals surface area contributed by atoms with Crippen molar-refractivity contribution in [1.82, 2.24) is 9.80 Å². The minimum Gasteiger partial charge on any atom is -0.508 e. The number of aromatic hydroxyl groups is 1. The first-order valence-electron chi connectivity index (χ1n) is 14.7. The van der Waals surface area contributed by atoms with Gasteiger partial charge in [-0.2, -0.15) is 0 Å². The van der Waals surface area contributed by atoms with Gasteiger partial charge in [-0.1, -0.05) is 56.2 Å². The van der Waals surface area contributed by atoms with E-state index in [4.69, 9.17) is 4.74 Å². The van der Waals surface area contributed by atoms with E-state index >= 15 is 0 Å². The molecule has 1 N–H and O–H groups in total. The number of carbonyl (C=O) groups excluding carboxylic acids is 1. The number of hydrogen-bond donors (Lipinski definition) is 1. The van der Waals surface area contributed by atoms with E-state index in [0.717, 1.165) is 60.4 Å². The first-order chi connectivity index (χ1) is 19.1. The maximum absolute atomic E-state index is 14.0. The summed E-state index contributed by atoms with van der Waals surface area (Å²) in [6, 6.07) is 23.4. The number of rotatable bonds is 9. The molecule has 3 aromatic carbocycles. The third kappa shape index (κ3) is 5.42. The van der Waals surface area contributed by atoms with Crippen molar-refractivity contribution in [1.29, 1.82) is 0 Å². The number of hydrogen-bond acceptors (Lipinski definition) is 4. The highest BCUT2D eigenvalue weighted by molar-refractivity contribution is 5.96. The van der Waals surface area contributed by atoms with Gasteiger partial charge in [-0.15, -0.1) is 0 Å². The van der Waals surface area contributed by atoms with Crippen LogP contribution in [0.25, 0.3) is 0 Å². The Morgan fingerprint density at radius 3 is 2.56 bits per heavy atom. The fourth-order valence-electron chi connectivity index (χ4n) is 6.61. The summed E-state index contributed by atoms with van der Waals surface area (Å²) >= 11 is 0. The van der Waals surface area contributed by atoms with Gasteiger partial charge in [0.1, 0.15) is 11.5 Å². The monoisotopic (exact) mass is 524 g/mol. The van der Waals surface area contributed by atoms with Crippen LogP contribution in [-0.4, -0.2) is 52.6 Å². The molecule has 0 radical (unpaired) electrons. The highest BCUT2D eigenvalue weighted by Crippen LogP contribution is 2.55. The first kappa shape index (κ1) is 25.9. The Morgan fingerprint density at radius 2 is 1.82 bits per heavy atom. The number of unbranched alkanes of at least 4 members (excludes halogenated alkanes) is 2. The number of ether oxygens (including phenoxy) is 1. The molecule has 1 saturated carbocycles. The van der Waals surface area contributed by atoms with Crippen LogP contribution in [0.4, 0.5) is 0 Å². The molecule has 1 aliphatic carbocycles. The van der Waals surface area contributed by atoms with E-state index in [1.54, 1.807) is 6.07 Å². The molecule has 39 heavy (non-hydrogen) atoms. The predicted octanol–water partition coefficient (Wildman–Crippen LogP) is 6.60. The first-order valence-corrected chi connectivity index (χ1v) is 14.7. The summed E-state index contributed by atoms with van der Waals surface area (Å²) in [6.07, 6.45) is 7.82. The number of fused-ring (bicyclic) bond motifs is 1. The van der Waals surface area contributed by atoms with Crippen molar-refractivity contribution < 1.29 is 14.6 Å². The van der Waals surface area contributed by atoms with E-state index in [2.05, 4.69) is 41.0 Å². The quantitative estimate of drug-likeness (QED) is 0.320. The van der Waals surface area contributed by atoms with Gasteiger partial charge in [0.05, 0.1) is 12.6 Å². The van der Waals surface area contributed by atoms with Gasteiger partial charge < -0.3 is 19.6 Å². The zero-order valence-corrected chi connectivity index (χ0v) is 23.0. The number of amides is 1. The number of benzene rings is 3. The summed E-state index contributed by atoms with van der Waals surface area (Å²) in [7, 11) is 0. The summed E-state index contributed by atoms with van der Waals surface area (Å²) in [5, 5.41) is 10.2. The molecule has 0 unspecified atom stereocenters. The molecule has 2 aliphatic heterocycles. The molecule has 2 fully saturated rings. The van der Waals surface area contributed by atoms with Crippen LogP contribution in [0.2, 0.25) is 0 Å². The molecule has 2 heterocycles. The van der Waals surface area contributed by atoms with Gasteiger partial charge in [0.15, 0.2) is 0 Å². The van der Waals surface area contributed by atoms with Crippen molar-refractivity contribution >= 4 is 5.91 Å². The zero-order chi connectivity index (χ0) is 26.8. The summed E-state index contributed by atoms with van der Waals surface area (Å²) in [6.45, 7) is 6.52. The number of likely N-dealkylation sites (tertiary alicyclic amines) is 1. The lowest BCUT2D eigenvalue weighted by atomic mass is 9.82. The van der Waals surface area contributed by atoms with E-state index < -0.39 is 0 Å². The molecular weight excluding hydrogens is 484 g/mol. The maximum atomic E-state index is 14.0. The summed E-state index contributed by atoms with van der Waals surface area (Å²) in [5.74, 6) is 1.82. The van der Waals surface area contributed by atoms with Crippen molar-refractivity contribution in [3.8, 4) is 11.5 Å². The fourth-order valence-corrected chi connectivity index (χ4v) is 6.61. The topological polar surface area (TPSA) is 53.0 Å². The van der Waals surface area contributed by atoms with Gasteiger partial charge in [0, 0.05) is 23.6 Å². The predicted molar refractivity (Wildman–Crippen MR) is 154 cm³/mol. The van der Waals surface area contributed by atoms with E-state index in [1.807, 2.05) is 42.5 Å². The lowest BCUT2D eigenvalue weighted by Gasteiger charge is -2.44. The van der Waals surface area contributed by atoms with E-state index in [1.165, 1.54) is 38.8 Å². The number of carbonyl (C=O) groups is 1. The zero-order valence-electron chi connectivity index (χ0n) is 23.0. The molecule has 6 rings (SSSR count). The number of nitrogens with zero attached hydrogens (tertiary/aromatic N) is 2. The van der Waals surface area contributed by atoms with Crippen molar-refractivity contribution in [2.45, 2.75) is 63.5 Å². The standard InChI is InChI=1S/C34H40N2O3/c1-2-3-7-19-35-20-16-25(23-35)24-39-30-13-10-26(11-14-30)32-31-15-12-29(37)21-28(31)22-34(17-18-34)36(32)33(38)27-8-5-4-6-9-27/h4-6,8-15,21,25,32,37H,2-3,7,16-20,22-24H2,1H3/t25-,32+/m0/s1. The summed E-state index contributed by atoms with van der Waals surface area (Å²) in [4.78, 5) is 18.7. The third-order valence-corrected chi connectivity index (χ3v) is 8.91. The average Bonchev–Trinajstić information content (AvgIpc) is 3.57. The van der Waals surface area contributed by atoms with Gasteiger partial charge in [0.2, 0.25) is 0 Å². The number of phenolic OH excluding ortho intramolecular Hbond substituents is 1. The molecule has 204 valence electrons. The van der Waals surface area contributed by atoms with Crippen LogP contribution in [-0.2, 0) is 6.42 Å². The van der Waals surface area contributed by atoms with Crippen LogP contribution in [0.5, 0.6) is 11.5 Å². The Bertz CT molecular complexity index is 1290. The van der Waals surface area contributed by atoms with Gasteiger partial charge in [-0.05, 0) is 98.3 Å². The van der Waals surface area contributed by atoms with E-state index in [0.29, 0.717) is 5.92 Å². The van der Waals surface area contributed by atoms with Crippen LogP contribution in [0.1, 0.15) is 78.5 Å². The van der Waals surface area contributed by atoms with Crippen LogP contribution < -0.4 is 4.74 Å². The highest BCUT2D eigenvalue weighted by Gasteiger charge is 2.56. The molecule has 3 aliphatic rings. The van der Waals surface area contributed by atoms with Crippen LogP contribution in [0.3, 0.4) is 0 Å². The SMILES string of the molecule is CCCCCN1CC[C@H](COc2ccc([C@@H]3c4ccc(O)cc4CC4(CC4)N3C(=O)c3ccccc3)cc2)C1. The summed E-state index contributed by atoms with van der Waals surface area (Å²) in [5.41, 5.74) is 3.83. The van der Waals surface area contributed by atoms with Crippen molar-refractivity contribution in [3.63, 3.8) is 0 Å². The Morgan fingerprint density at radius 1 is 1.03 bits per heavy atom. The van der Waals surface area contributed by atoms with Gasteiger partial charge in [-0.25, -0.2) is 0 Å². The van der Waals surface area contributed by atoms with E-state index in [9.17, 15) is 9.90 Å². The minimum atomic E-state index is -0.204. The summed E-state index contributed by atoms with van der Waals surface area (Å²) < 4.78 is 6.25. The van der Waals surface area contributed by atoms with Gasteiger partial charge >= 0.3 is 0 Å². The molecule has 5 nitrogen and oxygen atoms in total. The molecule has 3 aromatic rings. The second kappa shape index (κ2) is 11.1. The molecule has 0 aromatic heterocycles. The van der Waals surface area contributed by atoms with Crippen LogP contribution in [0, 0.1) is 5.92 Å². The maximum Gasteiger partial charge on any atom is 0.255 e. The van der Waals surface area contributed by atoms with Crippen LogP contribution >= 0.6 is 0 Å². The molecular formula is C34H40N2O3. The smallest absolute Gasteiger partial charge is 0.255 e. The second-order valence-corrected chi connectivity index (χ2v) is 11.8. The molecule has 2 atom stereocenters. The highest BCUT2D eigenvalue weighted by atomic mass is 16.5. The largest absolute Gasteiger partial charge is 0.508 e. The van der Waals surface area contributed by atoms with E-state index in [-0.39, 0.29) is 23.2 Å². The Balaban J connectivity index is 1.22. The van der Waals surface area contributed by atoms with Gasteiger partial charge in [-0.3, -0.25) is 4.79 Å². The average molecular weight is 525 g/mol. The number of phenols is 1. The lowest BCUT2D eigenvalue weighted by Crippen LogP contribution is -2.49. The van der Waals surface area contributed by atoms with Gasteiger partial charge in [0.25, 0.3) is 5.91 Å². The Kier molecular flexibility index (Phi) is 7.35. The van der Waals surface area contributed by atoms with Crippen molar-refractivity contribution in [2.24, 2.45) is 5.92 Å². The fraction of sp³-hybridized carbons (Fsp3) is 0.441. The molecule has 1 amide bonds. The van der Waals surface area contributed by atoms with Crippen molar-refractivity contribution in [3.05, 3.63) is 95.1 Å².